The van der Waals surface area contributed by atoms with Crippen LogP contribution in [-0.2, 0) is 17.9 Å². The highest BCUT2D eigenvalue weighted by Gasteiger charge is 2.31. The first-order valence-corrected chi connectivity index (χ1v) is 11.8. The third-order valence-electron chi connectivity index (χ3n) is 6.81. The zero-order valence-electron chi connectivity index (χ0n) is 17.4. The van der Waals surface area contributed by atoms with Gasteiger partial charge in [0.15, 0.2) is 0 Å². The highest BCUT2D eigenvalue weighted by molar-refractivity contribution is 6.31. The molecule has 156 valence electrons. The average Bonchev–Trinajstić information content (AvgIpc) is 3.21. The fourth-order valence-electron chi connectivity index (χ4n) is 5.10. The summed E-state index contributed by atoms with van der Waals surface area (Å²) in [6.45, 7) is 1.47. The van der Waals surface area contributed by atoms with Crippen molar-refractivity contribution < 1.29 is 4.79 Å². The first kappa shape index (κ1) is 20.5. The molecule has 0 bridgehead atoms. The number of nitrogens with zero attached hydrogens (tertiary/aromatic N) is 2. The minimum absolute atomic E-state index is 0.234. The van der Waals surface area contributed by atoms with Gasteiger partial charge in [-0.3, -0.25) is 4.79 Å². The SMILES string of the molecule is O=C(C1CCCCC1)N(Cc1cccn1Cc1ccccc1Cl)C1CCCCC1. The Bertz CT molecular complexity index is 803. The summed E-state index contributed by atoms with van der Waals surface area (Å²) in [5.74, 6) is 0.639. The molecule has 4 heteroatoms. The molecule has 1 heterocycles. The van der Waals surface area contributed by atoms with Gasteiger partial charge in [-0.15, -0.1) is 0 Å². The minimum atomic E-state index is 0.234. The number of hydrogen-bond donors (Lipinski definition) is 0. The normalized spacial score (nSPS) is 18.7. The van der Waals surface area contributed by atoms with E-state index in [-0.39, 0.29) is 5.92 Å². The van der Waals surface area contributed by atoms with Crippen LogP contribution in [0.1, 0.15) is 75.5 Å². The zero-order valence-corrected chi connectivity index (χ0v) is 18.1. The van der Waals surface area contributed by atoms with Crippen molar-refractivity contribution >= 4 is 17.5 Å². The van der Waals surface area contributed by atoms with Crippen LogP contribution in [0.25, 0.3) is 0 Å². The summed E-state index contributed by atoms with van der Waals surface area (Å²) in [6.07, 6.45) is 14.1. The molecule has 0 spiro atoms. The lowest BCUT2D eigenvalue weighted by Crippen LogP contribution is -2.44. The molecule has 2 aromatic rings. The quantitative estimate of drug-likeness (QED) is 0.536. The number of amides is 1. The Morgan fingerprint density at radius 1 is 0.931 bits per heavy atom. The number of rotatable bonds is 6. The summed E-state index contributed by atoms with van der Waals surface area (Å²) >= 11 is 6.40. The van der Waals surface area contributed by atoms with Crippen molar-refractivity contribution in [2.24, 2.45) is 5.92 Å². The maximum atomic E-state index is 13.5. The van der Waals surface area contributed by atoms with E-state index < -0.39 is 0 Å². The van der Waals surface area contributed by atoms with Gasteiger partial charge in [0.1, 0.15) is 0 Å². The molecule has 0 unspecified atom stereocenters. The molecule has 2 fully saturated rings. The van der Waals surface area contributed by atoms with Crippen molar-refractivity contribution in [1.82, 2.24) is 9.47 Å². The smallest absolute Gasteiger partial charge is 0.226 e. The minimum Gasteiger partial charge on any atom is -0.345 e. The van der Waals surface area contributed by atoms with Crippen LogP contribution in [0.2, 0.25) is 5.02 Å². The van der Waals surface area contributed by atoms with E-state index in [1.807, 2.05) is 18.2 Å². The predicted molar refractivity (Wildman–Crippen MR) is 119 cm³/mol. The Hall–Kier alpha value is -1.74. The summed E-state index contributed by atoms with van der Waals surface area (Å²) in [7, 11) is 0. The molecule has 1 aromatic carbocycles. The van der Waals surface area contributed by atoms with Gasteiger partial charge in [-0.1, -0.05) is 68.3 Å². The Kier molecular flexibility index (Phi) is 6.97. The lowest BCUT2D eigenvalue weighted by atomic mass is 9.86. The van der Waals surface area contributed by atoms with E-state index in [0.717, 1.165) is 49.4 Å². The number of carbonyl (C=O) groups is 1. The van der Waals surface area contributed by atoms with E-state index in [2.05, 4.69) is 33.9 Å². The first-order valence-electron chi connectivity index (χ1n) is 11.4. The third kappa shape index (κ3) is 5.06. The van der Waals surface area contributed by atoms with E-state index in [4.69, 9.17) is 11.6 Å². The van der Waals surface area contributed by atoms with E-state index in [1.165, 1.54) is 44.2 Å². The number of aromatic nitrogens is 1. The topological polar surface area (TPSA) is 25.2 Å². The highest BCUT2D eigenvalue weighted by Crippen LogP contribution is 2.31. The van der Waals surface area contributed by atoms with Crippen LogP contribution < -0.4 is 0 Å². The second-order valence-electron chi connectivity index (χ2n) is 8.81. The molecule has 0 N–H and O–H groups in total. The van der Waals surface area contributed by atoms with Gasteiger partial charge < -0.3 is 9.47 Å². The lowest BCUT2D eigenvalue weighted by Gasteiger charge is -2.37. The van der Waals surface area contributed by atoms with Gasteiger partial charge in [0.2, 0.25) is 5.91 Å². The first-order chi connectivity index (χ1) is 14.2. The molecular weight excluding hydrogens is 380 g/mol. The highest BCUT2D eigenvalue weighted by atomic mass is 35.5. The number of carbonyl (C=O) groups excluding carboxylic acids is 1. The van der Waals surface area contributed by atoms with E-state index in [1.54, 1.807) is 0 Å². The number of hydrogen-bond acceptors (Lipinski definition) is 1. The summed E-state index contributed by atoms with van der Waals surface area (Å²) in [6, 6.07) is 12.7. The zero-order chi connectivity index (χ0) is 20.1. The molecule has 1 aromatic heterocycles. The van der Waals surface area contributed by atoms with Gasteiger partial charge in [0.05, 0.1) is 6.54 Å². The molecule has 0 saturated heterocycles. The molecule has 3 nitrogen and oxygen atoms in total. The van der Waals surface area contributed by atoms with Gasteiger partial charge in [-0.05, 0) is 49.4 Å². The standard InChI is InChI=1S/C25H33ClN2O/c26-24-16-8-7-12-21(24)18-27-17-9-15-23(27)19-28(22-13-5-2-6-14-22)25(29)20-10-3-1-4-11-20/h7-9,12,15-17,20,22H,1-6,10-11,13-14,18-19H2. The van der Waals surface area contributed by atoms with E-state index in [0.29, 0.717) is 11.9 Å². The number of halogens is 1. The third-order valence-corrected chi connectivity index (χ3v) is 7.18. The van der Waals surface area contributed by atoms with Crippen molar-refractivity contribution in [1.29, 1.82) is 0 Å². The fourth-order valence-corrected chi connectivity index (χ4v) is 5.29. The van der Waals surface area contributed by atoms with Crippen molar-refractivity contribution in [3.8, 4) is 0 Å². The molecule has 0 radical (unpaired) electrons. The van der Waals surface area contributed by atoms with Crippen molar-refractivity contribution in [3.63, 3.8) is 0 Å². The van der Waals surface area contributed by atoms with E-state index >= 15 is 0 Å². The molecule has 4 rings (SSSR count). The molecule has 2 aliphatic carbocycles. The van der Waals surface area contributed by atoms with Gasteiger partial charge in [0.25, 0.3) is 0 Å². The van der Waals surface area contributed by atoms with Crippen molar-refractivity contribution in [2.75, 3.05) is 0 Å². The molecule has 2 aliphatic rings. The van der Waals surface area contributed by atoms with Crippen LogP contribution in [-0.4, -0.2) is 21.4 Å². The molecular formula is C25H33ClN2O. The van der Waals surface area contributed by atoms with E-state index in [9.17, 15) is 4.79 Å². The van der Waals surface area contributed by atoms with Gasteiger partial charge >= 0.3 is 0 Å². The van der Waals surface area contributed by atoms with Crippen LogP contribution in [0.15, 0.2) is 42.6 Å². The molecule has 0 aliphatic heterocycles. The Balaban J connectivity index is 1.54. The van der Waals surface area contributed by atoms with Crippen LogP contribution in [0, 0.1) is 5.92 Å². The average molecular weight is 413 g/mol. The Morgan fingerprint density at radius 2 is 1.62 bits per heavy atom. The summed E-state index contributed by atoms with van der Waals surface area (Å²) in [5.41, 5.74) is 2.33. The Labute approximate surface area is 180 Å². The number of benzene rings is 1. The summed E-state index contributed by atoms with van der Waals surface area (Å²) in [5, 5.41) is 0.801. The monoisotopic (exact) mass is 412 g/mol. The van der Waals surface area contributed by atoms with Crippen LogP contribution in [0.3, 0.4) is 0 Å². The second-order valence-corrected chi connectivity index (χ2v) is 9.22. The van der Waals surface area contributed by atoms with Crippen LogP contribution in [0.5, 0.6) is 0 Å². The van der Waals surface area contributed by atoms with Gasteiger partial charge in [-0.25, -0.2) is 0 Å². The molecule has 29 heavy (non-hydrogen) atoms. The van der Waals surface area contributed by atoms with Crippen molar-refractivity contribution in [2.45, 2.75) is 83.3 Å². The Morgan fingerprint density at radius 3 is 2.34 bits per heavy atom. The maximum absolute atomic E-state index is 13.5. The fraction of sp³-hybridized carbons (Fsp3) is 0.560. The van der Waals surface area contributed by atoms with Crippen LogP contribution >= 0.6 is 11.6 Å². The lowest BCUT2D eigenvalue weighted by molar-refractivity contribution is -0.140. The summed E-state index contributed by atoms with van der Waals surface area (Å²) in [4.78, 5) is 15.8. The molecule has 2 saturated carbocycles. The van der Waals surface area contributed by atoms with Gasteiger partial charge in [-0.2, -0.15) is 0 Å². The second kappa shape index (κ2) is 9.84. The van der Waals surface area contributed by atoms with Crippen LogP contribution in [0.4, 0.5) is 0 Å². The predicted octanol–water partition coefficient (Wildman–Crippen LogP) is 6.43. The van der Waals surface area contributed by atoms with Gasteiger partial charge in [0, 0.05) is 35.4 Å². The largest absolute Gasteiger partial charge is 0.345 e. The molecule has 1 amide bonds. The van der Waals surface area contributed by atoms with Crippen molar-refractivity contribution in [3.05, 3.63) is 58.9 Å². The summed E-state index contributed by atoms with van der Waals surface area (Å²) < 4.78 is 2.26. The maximum Gasteiger partial charge on any atom is 0.226 e. The molecule has 0 atom stereocenters.